The van der Waals surface area contributed by atoms with E-state index in [9.17, 15) is 9.18 Å². The van der Waals surface area contributed by atoms with E-state index in [1.54, 1.807) is 0 Å². The van der Waals surface area contributed by atoms with Gasteiger partial charge in [-0.15, -0.1) is 0 Å². The van der Waals surface area contributed by atoms with E-state index in [4.69, 9.17) is 4.74 Å². The maximum Gasteiger partial charge on any atom is 0.326 e. The van der Waals surface area contributed by atoms with Gasteiger partial charge in [0, 0.05) is 19.5 Å². The molecule has 0 unspecified atom stereocenters. The second-order valence-electron chi connectivity index (χ2n) is 4.13. The Balaban J connectivity index is 2.29. The zero-order valence-corrected chi connectivity index (χ0v) is 8.25. The van der Waals surface area contributed by atoms with Gasteiger partial charge in [-0.2, -0.15) is 0 Å². The van der Waals surface area contributed by atoms with E-state index in [-0.39, 0.29) is 12.4 Å². The summed E-state index contributed by atoms with van der Waals surface area (Å²) in [5.41, 5.74) is 0.243. The summed E-state index contributed by atoms with van der Waals surface area (Å²) in [5, 5.41) is 0. The summed E-state index contributed by atoms with van der Waals surface area (Å²) < 4.78 is 18.0. The van der Waals surface area contributed by atoms with Crippen LogP contribution in [0.4, 0.5) is 4.39 Å². The number of carbonyl (C=O) groups is 1. The lowest BCUT2D eigenvalue weighted by molar-refractivity contribution is -0.151. The van der Waals surface area contributed by atoms with Crippen LogP contribution in [0, 0.1) is 0 Å². The molecule has 3 nitrogen and oxygen atoms in total. The lowest BCUT2D eigenvalue weighted by Gasteiger charge is -2.27. The first kappa shape index (κ1) is 9.65. The Kier molecular flexibility index (Phi) is 2.10. The summed E-state index contributed by atoms with van der Waals surface area (Å²) in [6.45, 7) is 4.80. The molecular formula is C10H14FNO2. The fraction of sp³-hybridized carbons (Fsp3) is 0.700. The van der Waals surface area contributed by atoms with Gasteiger partial charge in [-0.3, -0.25) is 9.69 Å². The minimum absolute atomic E-state index is 0.249. The van der Waals surface area contributed by atoms with Crippen LogP contribution in [0.1, 0.15) is 12.8 Å². The molecule has 2 atom stereocenters. The molecular weight excluding hydrogens is 185 g/mol. The molecule has 0 aromatic carbocycles. The number of carbonyl (C=O) groups excluding carboxylic acids is 1. The molecule has 2 aliphatic heterocycles. The zero-order chi connectivity index (χ0) is 10.3. The largest absolute Gasteiger partial charge is 0.468 e. The normalized spacial score (nSPS) is 37.3. The molecule has 0 aliphatic carbocycles. The van der Waals surface area contributed by atoms with Crippen LogP contribution < -0.4 is 0 Å². The highest BCUT2D eigenvalue weighted by Gasteiger charge is 2.55. The first-order valence-corrected chi connectivity index (χ1v) is 4.73. The Morgan fingerprint density at radius 1 is 1.79 bits per heavy atom. The zero-order valence-electron chi connectivity index (χ0n) is 8.25. The highest BCUT2D eigenvalue weighted by molar-refractivity contribution is 5.82. The van der Waals surface area contributed by atoms with Crippen molar-refractivity contribution in [3.63, 3.8) is 0 Å². The Hall–Kier alpha value is -0.900. The van der Waals surface area contributed by atoms with Crippen molar-refractivity contribution in [2.45, 2.75) is 24.6 Å². The number of rotatable bonds is 1. The smallest absolute Gasteiger partial charge is 0.326 e. The van der Waals surface area contributed by atoms with Crippen molar-refractivity contribution in [3.05, 3.63) is 12.2 Å². The second kappa shape index (κ2) is 3.05. The topological polar surface area (TPSA) is 29.5 Å². The van der Waals surface area contributed by atoms with E-state index in [1.807, 2.05) is 4.90 Å². The molecule has 0 radical (unpaired) electrons. The van der Waals surface area contributed by atoms with Crippen LogP contribution in [0.2, 0.25) is 0 Å². The van der Waals surface area contributed by atoms with Crippen molar-refractivity contribution in [3.8, 4) is 0 Å². The predicted octanol–water partition coefficient (Wildman–Crippen LogP) is 0.902. The van der Waals surface area contributed by atoms with Crippen molar-refractivity contribution >= 4 is 5.97 Å². The van der Waals surface area contributed by atoms with Crippen LogP contribution in [-0.2, 0) is 9.53 Å². The van der Waals surface area contributed by atoms with Gasteiger partial charge in [0.25, 0.3) is 0 Å². The molecule has 0 amide bonds. The first-order valence-electron chi connectivity index (χ1n) is 4.73. The fourth-order valence-electron chi connectivity index (χ4n) is 2.59. The van der Waals surface area contributed by atoms with E-state index >= 15 is 0 Å². The van der Waals surface area contributed by atoms with E-state index in [1.165, 1.54) is 7.11 Å². The van der Waals surface area contributed by atoms with Crippen molar-refractivity contribution in [1.82, 2.24) is 4.90 Å². The van der Waals surface area contributed by atoms with Crippen molar-refractivity contribution in [2.24, 2.45) is 0 Å². The number of hydrogen-bond donors (Lipinski definition) is 0. The van der Waals surface area contributed by atoms with Gasteiger partial charge in [-0.25, -0.2) is 4.39 Å². The third-order valence-electron chi connectivity index (χ3n) is 3.11. The molecule has 78 valence electrons. The van der Waals surface area contributed by atoms with E-state index in [0.717, 1.165) is 5.57 Å². The number of alkyl halides is 1. The van der Waals surface area contributed by atoms with Crippen LogP contribution in [0.5, 0.6) is 0 Å². The molecule has 14 heavy (non-hydrogen) atoms. The Labute approximate surface area is 82.5 Å². The van der Waals surface area contributed by atoms with Crippen LogP contribution in [0.3, 0.4) is 0 Å². The molecule has 2 aliphatic rings. The highest BCUT2D eigenvalue weighted by atomic mass is 19.1. The maximum absolute atomic E-state index is 13.2. The van der Waals surface area contributed by atoms with Crippen molar-refractivity contribution in [1.29, 1.82) is 0 Å². The number of hydrogen-bond acceptors (Lipinski definition) is 3. The van der Waals surface area contributed by atoms with Gasteiger partial charge in [0.15, 0.2) is 0 Å². The molecule has 0 aromatic rings. The number of ether oxygens (including phenoxy) is 1. The third-order valence-corrected chi connectivity index (χ3v) is 3.11. The van der Waals surface area contributed by atoms with Crippen molar-refractivity contribution < 1.29 is 13.9 Å². The summed E-state index contributed by atoms with van der Waals surface area (Å²) >= 11 is 0. The minimum Gasteiger partial charge on any atom is -0.468 e. The SMILES string of the molecule is C=C1CN2C[C@H](F)C[C@@]2(C(=O)OC)C1. The molecule has 0 saturated carbocycles. The quantitative estimate of drug-likeness (QED) is 0.464. The standard InChI is InChI=1S/C10H14FNO2/c1-7-3-10(9(13)14-2)4-8(11)6-12(10)5-7/h8H,1,3-6H2,2H3/t8-,10-/m1/s1. The monoisotopic (exact) mass is 199 g/mol. The molecule has 0 aromatic heterocycles. The molecule has 0 bridgehead atoms. The lowest BCUT2D eigenvalue weighted by Crippen LogP contribution is -2.46. The number of methoxy groups -OCH3 is 1. The predicted molar refractivity (Wildman–Crippen MR) is 49.6 cm³/mol. The van der Waals surface area contributed by atoms with Gasteiger partial charge in [0.1, 0.15) is 11.7 Å². The summed E-state index contributed by atoms with van der Waals surface area (Å²) in [6.07, 6.45) is -0.124. The maximum atomic E-state index is 13.2. The molecule has 2 rings (SSSR count). The molecule has 2 fully saturated rings. The summed E-state index contributed by atoms with van der Waals surface area (Å²) in [6, 6.07) is 0. The first-order chi connectivity index (χ1) is 6.58. The summed E-state index contributed by atoms with van der Waals surface area (Å²) in [4.78, 5) is 13.5. The number of nitrogens with zero attached hydrogens (tertiary/aromatic N) is 1. The Bertz CT molecular complexity index is 292. The molecule has 0 N–H and O–H groups in total. The number of fused-ring (bicyclic) bond motifs is 1. The van der Waals surface area contributed by atoms with Gasteiger partial charge in [0.2, 0.25) is 0 Å². The van der Waals surface area contributed by atoms with Crippen LogP contribution >= 0.6 is 0 Å². The average Bonchev–Trinajstić information content (AvgIpc) is 2.55. The van der Waals surface area contributed by atoms with E-state index in [0.29, 0.717) is 19.5 Å². The van der Waals surface area contributed by atoms with Crippen molar-refractivity contribution in [2.75, 3.05) is 20.2 Å². The van der Waals surface area contributed by atoms with Crippen LogP contribution in [0.25, 0.3) is 0 Å². The molecule has 0 spiro atoms. The summed E-state index contributed by atoms with van der Waals surface area (Å²) in [7, 11) is 1.35. The fourth-order valence-corrected chi connectivity index (χ4v) is 2.59. The summed E-state index contributed by atoms with van der Waals surface area (Å²) in [5.74, 6) is -0.323. The van der Waals surface area contributed by atoms with E-state index in [2.05, 4.69) is 6.58 Å². The van der Waals surface area contributed by atoms with Crippen LogP contribution in [0.15, 0.2) is 12.2 Å². The van der Waals surface area contributed by atoms with Gasteiger partial charge in [0.05, 0.1) is 7.11 Å². The molecule has 2 heterocycles. The lowest BCUT2D eigenvalue weighted by atomic mass is 9.92. The van der Waals surface area contributed by atoms with Crippen LogP contribution in [-0.4, -0.2) is 42.8 Å². The van der Waals surface area contributed by atoms with Gasteiger partial charge < -0.3 is 4.74 Å². The average molecular weight is 199 g/mol. The van der Waals surface area contributed by atoms with E-state index < -0.39 is 11.7 Å². The highest BCUT2D eigenvalue weighted by Crippen LogP contribution is 2.42. The second-order valence-corrected chi connectivity index (χ2v) is 4.13. The Morgan fingerprint density at radius 2 is 2.50 bits per heavy atom. The third kappa shape index (κ3) is 1.17. The number of halogens is 1. The Morgan fingerprint density at radius 3 is 3.14 bits per heavy atom. The minimum atomic E-state index is -0.915. The van der Waals surface area contributed by atoms with Gasteiger partial charge in [-0.1, -0.05) is 12.2 Å². The van der Waals surface area contributed by atoms with Gasteiger partial charge in [-0.05, 0) is 6.42 Å². The molecule has 4 heteroatoms. The van der Waals surface area contributed by atoms with Gasteiger partial charge >= 0.3 is 5.97 Å². The number of esters is 1. The molecule has 2 saturated heterocycles.